The second-order valence-corrected chi connectivity index (χ2v) is 4.75. The minimum Gasteiger partial charge on any atom is -0.494 e. The summed E-state index contributed by atoms with van der Waals surface area (Å²) in [4.78, 5) is 0. The summed E-state index contributed by atoms with van der Waals surface area (Å²) in [5, 5.41) is 12.9. The molecule has 0 amide bonds. The molecule has 106 valence electrons. The lowest BCUT2D eigenvalue weighted by Crippen LogP contribution is -2.14. The summed E-state index contributed by atoms with van der Waals surface area (Å²) in [6, 6.07) is 15.8. The van der Waals surface area contributed by atoms with Gasteiger partial charge in [0.15, 0.2) is 0 Å². The molecule has 0 radical (unpaired) electrons. The predicted molar refractivity (Wildman–Crippen MR) is 82.2 cm³/mol. The highest BCUT2D eigenvalue weighted by Gasteiger charge is 2.11. The van der Waals surface area contributed by atoms with E-state index < -0.39 is 0 Å². The van der Waals surface area contributed by atoms with Gasteiger partial charge in [0.1, 0.15) is 5.75 Å². The summed E-state index contributed by atoms with van der Waals surface area (Å²) in [5.41, 5.74) is 3.23. The Bertz CT molecular complexity index is 537. The first-order valence-corrected chi connectivity index (χ1v) is 6.89. The van der Waals surface area contributed by atoms with Crippen LogP contribution in [0.5, 0.6) is 5.75 Å². The van der Waals surface area contributed by atoms with Crippen LogP contribution in [0.25, 0.3) is 0 Å². The van der Waals surface area contributed by atoms with Gasteiger partial charge in [-0.3, -0.25) is 0 Å². The Balaban J connectivity index is 2.15. The van der Waals surface area contributed by atoms with Gasteiger partial charge in [-0.2, -0.15) is 0 Å². The molecule has 0 aromatic heterocycles. The van der Waals surface area contributed by atoms with Gasteiger partial charge in [-0.15, -0.1) is 0 Å². The highest BCUT2D eigenvalue weighted by atomic mass is 16.5. The first-order chi connectivity index (χ1) is 9.72. The molecule has 0 saturated carbocycles. The SMILES string of the molecule is CCOc1cccc(C(CO)Nc2ccc(C)cc2)c1. The van der Waals surface area contributed by atoms with Crippen LogP contribution in [0.1, 0.15) is 24.1 Å². The van der Waals surface area contributed by atoms with Gasteiger partial charge < -0.3 is 15.2 Å². The van der Waals surface area contributed by atoms with Gasteiger partial charge in [-0.25, -0.2) is 0 Å². The average molecular weight is 271 g/mol. The van der Waals surface area contributed by atoms with Crippen molar-refractivity contribution in [1.29, 1.82) is 0 Å². The van der Waals surface area contributed by atoms with Gasteiger partial charge in [0.25, 0.3) is 0 Å². The van der Waals surface area contributed by atoms with Gasteiger partial charge in [0.2, 0.25) is 0 Å². The third kappa shape index (κ3) is 3.75. The summed E-state index contributed by atoms with van der Waals surface area (Å²) in [6.07, 6.45) is 0. The van der Waals surface area contributed by atoms with E-state index in [1.165, 1.54) is 5.56 Å². The Kier molecular flexibility index (Phi) is 5.02. The number of rotatable bonds is 6. The van der Waals surface area contributed by atoms with E-state index in [1.807, 2.05) is 55.5 Å². The highest BCUT2D eigenvalue weighted by molar-refractivity contribution is 5.47. The van der Waals surface area contributed by atoms with E-state index in [2.05, 4.69) is 12.2 Å². The van der Waals surface area contributed by atoms with E-state index in [1.54, 1.807) is 0 Å². The van der Waals surface area contributed by atoms with Gasteiger partial charge in [-0.05, 0) is 43.7 Å². The fourth-order valence-electron chi connectivity index (χ4n) is 2.07. The highest BCUT2D eigenvalue weighted by Crippen LogP contribution is 2.23. The fourth-order valence-corrected chi connectivity index (χ4v) is 2.07. The van der Waals surface area contributed by atoms with E-state index in [-0.39, 0.29) is 12.6 Å². The summed E-state index contributed by atoms with van der Waals surface area (Å²) in [7, 11) is 0. The second-order valence-electron chi connectivity index (χ2n) is 4.75. The van der Waals surface area contributed by atoms with Gasteiger partial charge in [0.05, 0.1) is 19.3 Å². The van der Waals surface area contributed by atoms with Crippen LogP contribution in [0.2, 0.25) is 0 Å². The molecule has 2 aromatic rings. The fraction of sp³-hybridized carbons (Fsp3) is 0.294. The van der Waals surface area contributed by atoms with Crippen LogP contribution in [0.3, 0.4) is 0 Å². The molecular formula is C17H21NO2. The standard InChI is InChI=1S/C17H21NO2/c1-3-20-16-6-4-5-14(11-16)17(12-19)18-15-9-7-13(2)8-10-15/h4-11,17-19H,3,12H2,1-2H3. The minimum absolute atomic E-state index is 0.0312. The lowest BCUT2D eigenvalue weighted by molar-refractivity contribution is 0.275. The first-order valence-electron chi connectivity index (χ1n) is 6.89. The van der Waals surface area contributed by atoms with Crippen LogP contribution in [0, 0.1) is 6.92 Å². The van der Waals surface area contributed by atoms with Crippen molar-refractivity contribution >= 4 is 5.69 Å². The Labute approximate surface area is 120 Å². The van der Waals surface area contributed by atoms with Crippen molar-refractivity contribution in [2.75, 3.05) is 18.5 Å². The van der Waals surface area contributed by atoms with Crippen LogP contribution in [-0.2, 0) is 0 Å². The number of aliphatic hydroxyl groups is 1. The zero-order valence-electron chi connectivity index (χ0n) is 12.0. The molecule has 0 spiro atoms. The molecule has 0 fully saturated rings. The van der Waals surface area contributed by atoms with Crippen molar-refractivity contribution in [2.24, 2.45) is 0 Å². The van der Waals surface area contributed by atoms with Crippen LogP contribution in [0.4, 0.5) is 5.69 Å². The molecule has 3 heteroatoms. The Morgan fingerprint density at radius 2 is 1.90 bits per heavy atom. The Morgan fingerprint density at radius 3 is 2.55 bits per heavy atom. The molecule has 2 N–H and O–H groups in total. The maximum Gasteiger partial charge on any atom is 0.119 e. The summed E-state index contributed by atoms with van der Waals surface area (Å²) in [6.45, 7) is 4.68. The summed E-state index contributed by atoms with van der Waals surface area (Å²) >= 11 is 0. The smallest absolute Gasteiger partial charge is 0.119 e. The van der Waals surface area contributed by atoms with Crippen LogP contribution in [0.15, 0.2) is 48.5 Å². The van der Waals surface area contributed by atoms with Crippen LogP contribution >= 0.6 is 0 Å². The van der Waals surface area contributed by atoms with Crippen molar-refractivity contribution in [1.82, 2.24) is 0 Å². The van der Waals surface area contributed by atoms with Gasteiger partial charge in [0, 0.05) is 5.69 Å². The summed E-state index contributed by atoms with van der Waals surface area (Å²) in [5.74, 6) is 0.828. The molecule has 1 unspecified atom stereocenters. The lowest BCUT2D eigenvalue weighted by atomic mass is 10.1. The number of hydrogen-bond acceptors (Lipinski definition) is 3. The van der Waals surface area contributed by atoms with Crippen molar-refractivity contribution in [3.63, 3.8) is 0 Å². The number of aryl methyl sites for hydroxylation is 1. The summed E-state index contributed by atoms with van der Waals surface area (Å²) < 4.78 is 5.50. The maximum atomic E-state index is 9.61. The predicted octanol–water partition coefficient (Wildman–Crippen LogP) is 3.54. The molecular weight excluding hydrogens is 250 g/mol. The van der Waals surface area contributed by atoms with E-state index in [0.29, 0.717) is 6.61 Å². The minimum atomic E-state index is -0.141. The topological polar surface area (TPSA) is 41.5 Å². The van der Waals surface area contributed by atoms with E-state index >= 15 is 0 Å². The van der Waals surface area contributed by atoms with E-state index in [9.17, 15) is 5.11 Å². The van der Waals surface area contributed by atoms with Crippen LogP contribution < -0.4 is 10.1 Å². The van der Waals surface area contributed by atoms with Gasteiger partial charge >= 0.3 is 0 Å². The molecule has 0 saturated heterocycles. The lowest BCUT2D eigenvalue weighted by Gasteiger charge is -2.19. The molecule has 2 rings (SSSR count). The average Bonchev–Trinajstić information content (AvgIpc) is 2.47. The van der Waals surface area contributed by atoms with Crippen molar-refractivity contribution < 1.29 is 9.84 Å². The third-order valence-electron chi connectivity index (χ3n) is 3.15. The number of aliphatic hydroxyl groups excluding tert-OH is 1. The first kappa shape index (κ1) is 14.4. The molecule has 0 aliphatic rings. The molecule has 2 aromatic carbocycles. The van der Waals surface area contributed by atoms with E-state index in [4.69, 9.17) is 4.74 Å². The second kappa shape index (κ2) is 6.96. The molecule has 20 heavy (non-hydrogen) atoms. The third-order valence-corrected chi connectivity index (χ3v) is 3.15. The number of anilines is 1. The quantitative estimate of drug-likeness (QED) is 0.844. The van der Waals surface area contributed by atoms with E-state index in [0.717, 1.165) is 17.0 Å². The molecule has 1 atom stereocenters. The number of hydrogen-bond donors (Lipinski definition) is 2. The molecule has 0 heterocycles. The molecule has 0 bridgehead atoms. The van der Waals surface area contributed by atoms with Gasteiger partial charge in [-0.1, -0.05) is 29.8 Å². The van der Waals surface area contributed by atoms with Crippen molar-refractivity contribution in [3.05, 3.63) is 59.7 Å². The van der Waals surface area contributed by atoms with Crippen molar-refractivity contribution in [2.45, 2.75) is 19.9 Å². The normalized spacial score (nSPS) is 11.9. The maximum absolute atomic E-state index is 9.61. The largest absolute Gasteiger partial charge is 0.494 e. The van der Waals surface area contributed by atoms with Crippen LogP contribution in [-0.4, -0.2) is 18.3 Å². The molecule has 0 aliphatic heterocycles. The zero-order valence-corrected chi connectivity index (χ0v) is 12.0. The zero-order chi connectivity index (χ0) is 14.4. The Morgan fingerprint density at radius 1 is 1.15 bits per heavy atom. The number of nitrogens with one attached hydrogen (secondary N) is 1. The molecule has 3 nitrogen and oxygen atoms in total. The number of benzene rings is 2. The number of ether oxygens (including phenoxy) is 1. The van der Waals surface area contributed by atoms with Crippen molar-refractivity contribution in [3.8, 4) is 5.75 Å². The molecule has 0 aliphatic carbocycles. The monoisotopic (exact) mass is 271 g/mol. The Hall–Kier alpha value is -2.00.